The molecule has 0 radical (unpaired) electrons. The molecule has 48 heavy (non-hydrogen) atoms. The number of para-hydroxylation sites is 2. The van der Waals surface area contributed by atoms with E-state index in [-0.39, 0.29) is 41.2 Å². The normalized spacial score (nSPS) is 14.1. The Hall–Kier alpha value is -4.05. The van der Waals surface area contributed by atoms with E-state index < -0.39 is 28.5 Å². The third-order valence-electron chi connectivity index (χ3n) is 8.52. The maximum atomic E-state index is 14.7. The summed E-state index contributed by atoms with van der Waals surface area (Å²) in [4.78, 5) is 30.4. The van der Waals surface area contributed by atoms with Gasteiger partial charge in [0, 0.05) is 19.0 Å². The molecule has 1 fully saturated rings. The highest BCUT2D eigenvalue weighted by molar-refractivity contribution is 7.92. The summed E-state index contributed by atoms with van der Waals surface area (Å²) in [5, 5.41) is 3.86. The molecular formula is C37H39Cl2N3O5S. The number of benzene rings is 4. The molecule has 1 aliphatic rings. The predicted molar refractivity (Wildman–Crippen MR) is 190 cm³/mol. The van der Waals surface area contributed by atoms with Gasteiger partial charge in [-0.25, -0.2) is 8.42 Å². The number of halogens is 2. The molecule has 5 rings (SSSR count). The molecule has 0 bridgehead atoms. The standard InChI is InChI=1S/C37H39Cl2N3O5S/c1-47-35-20-12-11-19-33(35)42(48(45,46)30-17-9-4-10-18-30)26-36(43)41(25-28-21-22-31(38)32(39)23-28)34(24-27-13-5-2-6-14-27)37(44)40-29-15-7-3-8-16-29/h2,4-6,9-14,17-23,29,34H,3,7-8,15-16,24-26H2,1H3,(H,40,44)/t34-/m0/s1. The lowest BCUT2D eigenvalue weighted by atomic mass is 9.94. The van der Waals surface area contributed by atoms with E-state index >= 15 is 0 Å². The van der Waals surface area contributed by atoms with Gasteiger partial charge in [-0.15, -0.1) is 0 Å². The van der Waals surface area contributed by atoms with Crippen molar-refractivity contribution in [3.05, 3.63) is 124 Å². The van der Waals surface area contributed by atoms with Crippen LogP contribution < -0.4 is 14.4 Å². The van der Waals surface area contributed by atoms with Gasteiger partial charge in [-0.3, -0.25) is 13.9 Å². The van der Waals surface area contributed by atoms with Gasteiger partial charge in [0.25, 0.3) is 10.0 Å². The Morgan fingerprint density at radius 2 is 1.48 bits per heavy atom. The smallest absolute Gasteiger partial charge is 0.264 e. The minimum atomic E-state index is -4.26. The number of carbonyl (C=O) groups is 2. The van der Waals surface area contributed by atoms with Crippen molar-refractivity contribution in [2.75, 3.05) is 18.0 Å². The monoisotopic (exact) mass is 707 g/mol. The number of nitrogens with zero attached hydrogens (tertiary/aromatic N) is 2. The first kappa shape index (κ1) is 35.3. The molecular weight excluding hydrogens is 669 g/mol. The number of methoxy groups -OCH3 is 1. The summed E-state index contributed by atoms with van der Waals surface area (Å²) in [7, 11) is -2.82. The SMILES string of the molecule is COc1ccccc1N(CC(=O)N(Cc1ccc(Cl)c(Cl)c1)[C@@H](Cc1ccccc1)C(=O)NC1CCCCC1)S(=O)(=O)c1ccccc1. The zero-order chi connectivity index (χ0) is 34.1. The van der Waals surface area contributed by atoms with Crippen molar-refractivity contribution < 1.29 is 22.7 Å². The average Bonchev–Trinajstić information content (AvgIpc) is 3.11. The minimum absolute atomic E-state index is 0.00464. The topological polar surface area (TPSA) is 96.0 Å². The maximum absolute atomic E-state index is 14.7. The second-order valence-electron chi connectivity index (χ2n) is 11.8. The zero-order valence-corrected chi connectivity index (χ0v) is 29.1. The fraction of sp³-hybridized carbons (Fsp3) is 0.297. The van der Waals surface area contributed by atoms with Gasteiger partial charge < -0.3 is 15.0 Å². The minimum Gasteiger partial charge on any atom is -0.495 e. The Morgan fingerprint density at radius 1 is 0.833 bits per heavy atom. The van der Waals surface area contributed by atoms with Crippen LogP contribution in [0.1, 0.15) is 43.2 Å². The van der Waals surface area contributed by atoms with Crippen LogP contribution in [0.2, 0.25) is 10.0 Å². The van der Waals surface area contributed by atoms with Crippen LogP contribution in [0.25, 0.3) is 0 Å². The van der Waals surface area contributed by atoms with Gasteiger partial charge in [0.15, 0.2) is 0 Å². The molecule has 0 heterocycles. The Balaban J connectivity index is 1.59. The first-order chi connectivity index (χ1) is 23.2. The lowest BCUT2D eigenvalue weighted by molar-refractivity contribution is -0.140. The average molecular weight is 709 g/mol. The number of anilines is 1. The van der Waals surface area contributed by atoms with Gasteiger partial charge in [-0.05, 0) is 60.4 Å². The van der Waals surface area contributed by atoms with Gasteiger partial charge >= 0.3 is 0 Å². The van der Waals surface area contributed by atoms with E-state index in [4.69, 9.17) is 27.9 Å². The summed E-state index contributed by atoms with van der Waals surface area (Å²) in [6.45, 7) is -0.614. The predicted octanol–water partition coefficient (Wildman–Crippen LogP) is 7.29. The molecule has 1 N–H and O–H groups in total. The van der Waals surface area contributed by atoms with Gasteiger partial charge in [-0.2, -0.15) is 0 Å². The van der Waals surface area contributed by atoms with Gasteiger partial charge in [0.05, 0.1) is 27.7 Å². The third kappa shape index (κ3) is 8.69. The highest BCUT2D eigenvalue weighted by Gasteiger charge is 2.36. The van der Waals surface area contributed by atoms with Crippen molar-refractivity contribution in [1.82, 2.24) is 10.2 Å². The number of amides is 2. The number of rotatable bonds is 13. The quantitative estimate of drug-likeness (QED) is 0.158. The Kier molecular flexibility index (Phi) is 12.0. The molecule has 1 saturated carbocycles. The van der Waals surface area contributed by atoms with Crippen LogP contribution in [0.5, 0.6) is 5.75 Å². The third-order valence-corrected chi connectivity index (χ3v) is 11.0. The van der Waals surface area contributed by atoms with Crippen LogP contribution in [0.3, 0.4) is 0 Å². The van der Waals surface area contributed by atoms with E-state index in [1.54, 1.807) is 60.7 Å². The summed E-state index contributed by atoms with van der Waals surface area (Å²) < 4.78 is 35.1. The van der Waals surface area contributed by atoms with Gasteiger partial charge in [0.2, 0.25) is 11.8 Å². The number of hydrogen-bond donors (Lipinski definition) is 1. The second kappa shape index (κ2) is 16.4. The Bertz CT molecular complexity index is 1800. The molecule has 0 aliphatic heterocycles. The lowest BCUT2D eigenvalue weighted by Gasteiger charge is -2.35. The number of ether oxygens (including phenoxy) is 1. The molecule has 8 nitrogen and oxygen atoms in total. The van der Waals surface area contributed by atoms with E-state index in [1.807, 2.05) is 30.3 Å². The lowest BCUT2D eigenvalue weighted by Crippen LogP contribution is -2.55. The van der Waals surface area contributed by atoms with Crippen LogP contribution in [0.15, 0.2) is 108 Å². The summed E-state index contributed by atoms with van der Waals surface area (Å²) in [6.07, 6.45) is 5.10. The fourth-order valence-corrected chi connectivity index (χ4v) is 7.77. The van der Waals surface area contributed by atoms with E-state index in [9.17, 15) is 18.0 Å². The number of carbonyl (C=O) groups excluding carboxylic acids is 2. The Morgan fingerprint density at radius 3 is 2.15 bits per heavy atom. The van der Waals surface area contributed by atoms with E-state index in [0.717, 1.165) is 42.0 Å². The molecule has 0 aromatic heterocycles. The number of hydrogen-bond acceptors (Lipinski definition) is 5. The van der Waals surface area contributed by atoms with Crippen molar-refractivity contribution in [1.29, 1.82) is 0 Å². The number of nitrogens with one attached hydrogen (secondary N) is 1. The molecule has 1 aliphatic carbocycles. The fourth-order valence-electron chi connectivity index (χ4n) is 6.00. The van der Waals surface area contributed by atoms with Crippen molar-refractivity contribution in [3.8, 4) is 5.75 Å². The van der Waals surface area contributed by atoms with E-state index in [0.29, 0.717) is 15.6 Å². The van der Waals surface area contributed by atoms with Crippen LogP contribution in [-0.2, 0) is 32.6 Å². The molecule has 4 aromatic rings. The van der Waals surface area contributed by atoms with Crippen LogP contribution in [-0.4, -0.2) is 50.9 Å². The molecule has 1 atom stereocenters. The van der Waals surface area contributed by atoms with Gasteiger partial charge in [-0.1, -0.05) is 109 Å². The largest absolute Gasteiger partial charge is 0.495 e. The van der Waals surface area contributed by atoms with E-state index in [1.165, 1.54) is 24.1 Å². The first-order valence-corrected chi connectivity index (χ1v) is 18.2. The van der Waals surface area contributed by atoms with Crippen molar-refractivity contribution in [2.45, 2.75) is 62.0 Å². The molecule has 2 amide bonds. The molecule has 0 saturated heterocycles. The zero-order valence-electron chi connectivity index (χ0n) is 26.7. The number of sulfonamides is 1. The molecule has 0 unspecified atom stereocenters. The maximum Gasteiger partial charge on any atom is 0.264 e. The van der Waals surface area contributed by atoms with Crippen molar-refractivity contribution >= 4 is 50.7 Å². The van der Waals surface area contributed by atoms with Gasteiger partial charge in [0.1, 0.15) is 18.3 Å². The van der Waals surface area contributed by atoms with Crippen LogP contribution in [0.4, 0.5) is 5.69 Å². The van der Waals surface area contributed by atoms with Crippen molar-refractivity contribution in [2.24, 2.45) is 0 Å². The molecule has 4 aromatic carbocycles. The van der Waals surface area contributed by atoms with E-state index in [2.05, 4.69) is 5.32 Å². The highest BCUT2D eigenvalue weighted by Crippen LogP contribution is 2.33. The molecule has 0 spiro atoms. The summed E-state index contributed by atoms with van der Waals surface area (Å²) in [5.41, 5.74) is 1.68. The van der Waals surface area contributed by atoms with Crippen LogP contribution in [0, 0.1) is 0 Å². The molecule has 252 valence electrons. The Labute approximate surface area is 292 Å². The first-order valence-electron chi connectivity index (χ1n) is 16.0. The summed E-state index contributed by atoms with van der Waals surface area (Å²) >= 11 is 12.6. The van der Waals surface area contributed by atoms with Crippen LogP contribution >= 0.6 is 23.2 Å². The van der Waals surface area contributed by atoms with Crippen molar-refractivity contribution in [3.63, 3.8) is 0 Å². The second-order valence-corrected chi connectivity index (χ2v) is 14.5. The molecule has 11 heteroatoms. The highest BCUT2D eigenvalue weighted by atomic mass is 35.5. The summed E-state index contributed by atoms with van der Waals surface area (Å²) in [6, 6.07) is 28.1. The summed E-state index contributed by atoms with van der Waals surface area (Å²) in [5.74, 6) is -0.600.